The van der Waals surface area contributed by atoms with Crippen LogP contribution in [0.3, 0.4) is 0 Å². The SMILES string of the molecule is COc1cccc(CO)c1OCCOc1cccc(Br)c1. The Balaban J connectivity index is 1.91. The molecule has 0 saturated heterocycles. The van der Waals surface area contributed by atoms with Crippen LogP contribution in [-0.4, -0.2) is 25.4 Å². The topological polar surface area (TPSA) is 47.9 Å². The molecule has 0 aliphatic rings. The smallest absolute Gasteiger partial charge is 0.166 e. The van der Waals surface area contributed by atoms with Crippen molar-refractivity contribution < 1.29 is 19.3 Å². The zero-order valence-corrected chi connectivity index (χ0v) is 13.3. The minimum Gasteiger partial charge on any atom is -0.493 e. The molecule has 5 heteroatoms. The number of ether oxygens (including phenoxy) is 3. The summed E-state index contributed by atoms with van der Waals surface area (Å²) in [7, 11) is 1.57. The molecule has 2 aromatic carbocycles. The first-order valence-corrected chi connectivity index (χ1v) is 7.32. The average molecular weight is 353 g/mol. The fraction of sp³-hybridized carbons (Fsp3) is 0.250. The third kappa shape index (κ3) is 4.37. The molecule has 21 heavy (non-hydrogen) atoms. The summed E-state index contributed by atoms with van der Waals surface area (Å²) in [6, 6.07) is 13.0. The molecule has 0 amide bonds. The predicted octanol–water partition coefficient (Wildman–Crippen LogP) is 3.41. The number of rotatable bonds is 7. The summed E-state index contributed by atoms with van der Waals surface area (Å²) in [5.74, 6) is 1.93. The molecular weight excluding hydrogens is 336 g/mol. The van der Waals surface area contributed by atoms with Gasteiger partial charge in [0, 0.05) is 10.0 Å². The Hall–Kier alpha value is -1.72. The van der Waals surface area contributed by atoms with Gasteiger partial charge >= 0.3 is 0 Å². The zero-order valence-electron chi connectivity index (χ0n) is 11.7. The maximum absolute atomic E-state index is 9.33. The van der Waals surface area contributed by atoms with Crippen LogP contribution >= 0.6 is 15.9 Å². The maximum Gasteiger partial charge on any atom is 0.166 e. The van der Waals surface area contributed by atoms with Crippen LogP contribution in [0.2, 0.25) is 0 Å². The predicted molar refractivity (Wildman–Crippen MR) is 84.0 cm³/mol. The average Bonchev–Trinajstić information content (AvgIpc) is 2.51. The number of para-hydroxylation sites is 1. The molecule has 112 valence electrons. The normalized spacial score (nSPS) is 10.2. The van der Waals surface area contributed by atoms with Crippen molar-refractivity contribution >= 4 is 15.9 Å². The monoisotopic (exact) mass is 352 g/mol. The van der Waals surface area contributed by atoms with Crippen molar-refractivity contribution in [1.82, 2.24) is 0 Å². The zero-order chi connectivity index (χ0) is 15.1. The molecule has 2 rings (SSSR count). The van der Waals surface area contributed by atoms with Crippen LogP contribution in [0.5, 0.6) is 17.2 Å². The molecule has 0 saturated carbocycles. The van der Waals surface area contributed by atoms with Crippen molar-refractivity contribution in [1.29, 1.82) is 0 Å². The fourth-order valence-corrected chi connectivity index (χ4v) is 2.25. The van der Waals surface area contributed by atoms with Crippen molar-refractivity contribution in [3.05, 3.63) is 52.5 Å². The molecule has 0 spiro atoms. The van der Waals surface area contributed by atoms with E-state index in [-0.39, 0.29) is 6.61 Å². The van der Waals surface area contributed by atoms with Gasteiger partial charge in [-0.3, -0.25) is 0 Å². The van der Waals surface area contributed by atoms with Crippen molar-refractivity contribution in [2.45, 2.75) is 6.61 Å². The van der Waals surface area contributed by atoms with Crippen LogP contribution in [0.4, 0.5) is 0 Å². The van der Waals surface area contributed by atoms with Gasteiger partial charge in [0.25, 0.3) is 0 Å². The van der Waals surface area contributed by atoms with Gasteiger partial charge in [0.05, 0.1) is 13.7 Å². The number of benzene rings is 2. The summed E-state index contributed by atoms with van der Waals surface area (Å²) in [5.41, 5.74) is 0.691. The van der Waals surface area contributed by atoms with E-state index in [0.29, 0.717) is 30.3 Å². The minimum absolute atomic E-state index is 0.0982. The van der Waals surface area contributed by atoms with Gasteiger partial charge in [-0.05, 0) is 24.3 Å². The lowest BCUT2D eigenvalue weighted by Gasteiger charge is -2.14. The van der Waals surface area contributed by atoms with E-state index in [1.54, 1.807) is 19.2 Å². The first-order valence-electron chi connectivity index (χ1n) is 6.52. The quantitative estimate of drug-likeness (QED) is 0.775. The molecule has 0 bridgehead atoms. The van der Waals surface area contributed by atoms with Gasteiger partial charge in [0.15, 0.2) is 11.5 Å². The van der Waals surface area contributed by atoms with Crippen LogP contribution in [0.25, 0.3) is 0 Å². The van der Waals surface area contributed by atoms with E-state index in [4.69, 9.17) is 14.2 Å². The molecule has 0 fully saturated rings. The van der Waals surface area contributed by atoms with Gasteiger partial charge in [-0.25, -0.2) is 0 Å². The Bertz CT molecular complexity index is 564. The van der Waals surface area contributed by atoms with E-state index >= 15 is 0 Å². The molecule has 0 aliphatic carbocycles. The number of halogens is 1. The number of aliphatic hydroxyl groups is 1. The molecule has 0 aromatic heterocycles. The summed E-state index contributed by atoms with van der Waals surface area (Å²) in [4.78, 5) is 0. The first kappa shape index (κ1) is 15.7. The third-order valence-corrected chi connectivity index (χ3v) is 3.34. The van der Waals surface area contributed by atoms with E-state index in [0.717, 1.165) is 10.2 Å². The number of hydrogen-bond donors (Lipinski definition) is 1. The standard InChI is InChI=1S/C16H17BrO4/c1-19-15-7-2-4-12(11-18)16(15)21-9-8-20-14-6-3-5-13(17)10-14/h2-7,10,18H,8-9,11H2,1H3. The summed E-state index contributed by atoms with van der Waals surface area (Å²) in [6.45, 7) is 0.665. The van der Waals surface area contributed by atoms with Crippen molar-refractivity contribution in [3.8, 4) is 17.2 Å². The second-order valence-electron chi connectivity index (χ2n) is 4.26. The van der Waals surface area contributed by atoms with Gasteiger partial charge in [-0.2, -0.15) is 0 Å². The lowest BCUT2D eigenvalue weighted by molar-refractivity contribution is 0.203. The second kappa shape index (κ2) is 7.90. The summed E-state index contributed by atoms with van der Waals surface area (Å²) >= 11 is 3.39. The molecule has 0 heterocycles. The van der Waals surface area contributed by atoms with Crippen LogP contribution in [-0.2, 0) is 6.61 Å². The van der Waals surface area contributed by atoms with Gasteiger partial charge in [0.2, 0.25) is 0 Å². The van der Waals surface area contributed by atoms with Crippen LogP contribution < -0.4 is 14.2 Å². The first-order chi connectivity index (χ1) is 10.2. The molecule has 0 unspecified atom stereocenters. The molecular formula is C16H17BrO4. The lowest BCUT2D eigenvalue weighted by Crippen LogP contribution is -2.10. The fourth-order valence-electron chi connectivity index (χ4n) is 1.87. The van der Waals surface area contributed by atoms with Gasteiger partial charge in [-0.1, -0.05) is 34.1 Å². The van der Waals surface area contributed by atoms with Gasteiger partial charge in [-0.15, -0.1) is 0 Å². The summed E-state index contributed by atoms with van der Waals surface area (Å²) in [5, 5.41) is 9.33. The largest absolute Gasteiger partial charge is 0.493 e. The highest BCUT2D eigenvalue weighted by Crippen LogP contribution is 2.31. The Morgan fingerprint density at radius 2 is 1.81 bits per heavy atom. The molecule has 2 aromatic rings. The highest BCUT2D eigenvalue weighted by Gasteiger charge is 2.09. The third-order valence-electron chi connectivity index (χ3n) is 2.85. The van der Waals surface area contributed by atoms with Gasteiger partial charge in [0.1, 0.15) is 19.0 Å². The number of methoxy groups -OCH3 is 1. The van der Waals surface area contributed by atoms with Crippen molar-refractivity contribution in [3.63, 3.8) is 0 Å². The Kier molecular flexibility index (Phi) is 5.90. The van der Waals surface area contributed by atoms with E-state index in [9.17, 15) is 5.11 Å². The van der Waals surface area contributed by atoms with E-state index in [1.165, 1.54) is 0 Å². The molecule has 0 radical (unpaired) electrons. The minimum atomic E-state index is -0.0982. The summed E-state index contributed by atoms with van der Waals surface area (Å²) < 4.78 is 17.5. The van der Waals surface area contributed by atoms with Gasteiger partial charge < -0.3 is 19.3 Å². The Labute approximate surface area is 132 Å². The highest BCUT2D eigenvalue weighted by molar-refractivity contribution is 9.10. The maximum atomic E-state index is 9.33. The van der Waals surface area contributed by atoms with E-state index in [2.05, 4.69) is 15.9 Å². The lowest BCUT2D eigenvalue weighted by atomic mass is 10.2. The Morgan fingerprint density at radius 3 is 2.52 bits per heavy atom. The van der Waals surface area contributed by atoms with E-state index < -0.39 is 0 Å². The highest BCUT2D eigenvalue weighted by atomic mass is 79.9. The Morgan fingerprint density at radius 1 is 1.05 bits per heavy atom. The van der Waals surface area contributed by atoms with Crippen LogP contribution in [0, 0.1) is 0 Å². The number of aliphatic hydroxyl groups excluding tert-OH is 1. The van der Waals surface area contributed by atoms with Crippen LogP contribution in [0.1, 0.15) is 5.56 Å². The van der Waals surface area contributed by atoms with E-state index in [1.807, 2.05) is 30.3 Å². The number of hydrogen-bond acceptors (Lipinski definition) is 4. The summed E-state index contributed by atoms with van der Waals surface area (Å²) in [6.07, 6.45) is 0. The second-order valence-corrected chi connectivity index (χ2v) is 5.18. The molecule has 0 atom stereocenters. The molecule has 4 nitrogen and oxygen atoms in total. The molecule has 1 N–H and O–H groups in total. The molecule has 0 aliphatic heterocycles. The van der Waals surface area contributed by atoms with Crippen molar-refractivity contribution in [2.75, 3.05) is 20.3 Å². The van der Waals surface area contributed by atoms with Crippen molar-refractivity contribution in [2.24, 2.45) is 0 Å². The van der Waals surface area contributed by atoms with Crippen LogP contribution in [0.15, 0.2) is 46.9 Å².